The first-order valence-electron chi connectivity index (χ1n) is 6.92. The predicted octanol–water partition coefficient (Wildman–Crippen LogP) is 2.82. The Labute approximate surface area is 151 Å². The van der Waals surface area contributed by atoms with E-state index in [1.54, 1.807) is 18.2 Å². The number of thioether (sulfide) groups is 1. The van der Waals surface area contributed by atoms with Crippen molar-refractivity contribution in [3.63, 3.8) is 0 Å². The van der Waals surface area contributed by atoms with E-state index in [1.807, 2.05) is 12.1 Å². The largest absolute Gasteiger partial charge is 0.454 e. The summed E-state index contributed by atoms with van der Waals surface area (Å²) in [4.78, 5) is 24.9. The fourth-order valence-corrected chi connectivity index (χ4v) is 3.97. The van der Waals surface area contributed by atoms with E-state index in [-0.39, 0.29) is 18.5 Å². The maximum atomic E-state index is 12.0. The molecule has 0 saturated heterocycles. The number of halogens is 1. The quantitative estimate of drug-likeness (QED) is 0.775. The number of benzene rings is 1. The third-order valence-corrected chi connectivity index (χ3v) is 5.45. The Hall–Kier alpha value is -1.90. The minimum Gasteiger partial charge on any atom is -0.454 e. The summed E-state index contributed by atoms with van der Waals surface area (Å²) < 4.78 is 11.1. The summed E-state index contributed by atoms with van der Waals surface area (Å²) in [6, 6.07) is 8.58. The molecule has 2 amide bonds. The average molecular weight is 385 g/mol. The van der Waals surface area contributed by atoms with Crippen LogP contribution in [0.2, 0.25) is 4.34 Å². The van der Waals surface area contributed by atoms with Gasteiger partial charge in [0.25, 0.3) is 5.91 Å². The third kappa shape index (κ3) is 4.34. The Balaban J connectivity index is 1.41. The molecule has 0 saturated carbocycles. The lowest BCUT2D eigenvalue weighted by atomic mass is 10.2. The fourth-order valence-electron chi connectivity index (χ4n) is 1.95. The van der Waals surface area contributed by atoms with Crippen LogP contribution in [-0.4, -0.2) is 24.4 Å². The molecule has 1 aromatic carbocycles. The summed E-state index contributed by atoms with van der Waals surface area (Å²) in [5.41, 5.74) is 5.14. The number of ether oxygens (including phenoxy) is 2. The molecule has 1 aromatic heterocycles. The van der Waals surface area contributed by atoms with E-state index in [0.717, 1.165) is 9.21 Å². The molecule has 6 nitrogen and oxygen atoms in total. The number of thiophene rings is 1. The molecule has 0 bridgehead atoms. The molecular weight excluding hydrogens is 372 g/mol. The number of nitrogens with one attached hydrogen (secondary N) is 2. The molecular formula is C15H13ClN2O4S2. The first-order chi connectivity index (χ1) is 11.6. The van der Waals surface area contributed by atoms with Gasteiger partial charge in [-0.1, -0.05) is 11.6 Å². The monoisotopic (exact) mass is 384 g/mol. The van der Waals surface area contributed by atoms with Crippen LogP contribution >= 0.6 is 34.7 Å². The molecule has 0 unspecified atom stereocenters. The SMILES string of the molecule is O=C(CSCc1ccc(Cl)s1)NNC(=O)c1ccc2c(c1)OCO2. The van der Waals surface area contributed by atoms with E-state index in [0.29, 0.717) is 22.8 Å². The molecule has 9 heteroatoms. The van der Waals surface area contributed by atoms with Crippen LogP contribution in [0.15, 0.2) is 30.3 Å². The number of amides is 2. The van der Waals surface area contributed by atoms with Gasteiger partial charge in [0.15, 0.2) is 11.5 Å². The molecule has 2 N–H and O–H groups in total. The van der Waals surface area contributed by atoms with E-state index >= 15 is 0 Å². The highest BCUT2D eigenvalue weighted by molar-refractivity contribution is 7.99. The van der Waals surface area contributed by atoms with E-state index in [1.165, 1.54) is 23.1 Å². The Morgan fingerprint density at radius 1 is 1.17 bits per heavy atom. The van der Waals surface area contributed by atoms with Gasteiger partial charge in [0.05, 0.1) is 10.1 Å². The van der Waals surface area contributed by atoms with Crippen molar-refractivity contribution in [2.45, 2.75) is 5.75 Å². The van der Waals surface area contributed by atoms with Crippen LogP contribution in [-0.2, 0) is 10.5 Å². The van der Waals surface area contributed by atoms with E-state index in [4.69, 9.17) is 21.1 Å². The van der Waals surface area contributed by atoms with Gasteiger partial charge in [-0.05, 0) is 30.3 Å². The number of hydrogen-bond donors (Lipinski definition) is 2. The number of carbonyl (C=O) groups is 2. The number of rotatable bonds is 5. The van der Waals surface area contributed by atoms with Crippen LogP contribution in [0.4, 0.5) is 0 Å². The maximum absolute atomic E-state index is 12.0. The molecule has 126 valence electrons. The van der Waals surface area contributed by atoms with Crippen molar-refractivity contribution < 1.29 is 19.1 Å². The van der Waals surface area contributed by atoms with Gasteiger partial charge in [0.2, 0.25) is 12.7 Å². The van der Waals surface area contributed by atoms with Crippen molar-refractivity contribution in [2.75, 3.05) is 12.5 Å². The topological polar surface area (TPSA) is 76.7 Å². The second-order valence-corrected chi connectivity index (χ2v) is 7.55. The maximum Gasteiger partial charge on any atom is 0.269 e. The molecule has 0 spiro atoms. The summed E-state index contributed by atoms with van der Waals surface area (Å²) >= 11 is 8.77. The molecule has 0 fully saturated rings. The fraction of sp³-hybridized carbons (Fsp3) is 0.200. The van der Waals surface area contributed by atoms with Crippen molar-refractivity contribution in [1.29, 1.82) is 0 Å². The lowest BCUT2D eigenvalue weighted by Crippen LogP contribution is -2.42. The molecule has 1 aliphatic rings. The molecule has 0 aliphatic carbocycles. The van der Waals surface area contributed by atoms with Crippen LogP contribution < -0.4 is 20.3 Å². The van der Waals surface area contributed by atoms with Crippen LogP contribution in [0.5, 0.6) is 11.5 Å². The number of hydrazine groups is 1. The zero-order valence-electron chi connectivity index (χ0n) is 12.3. The Morgan fingerprint density at radius 3 is 2.79 bits per heavy atom. The summed E-state index contributed by atoms with van der Waals surface area (Å²) in [6.45, 7) is 0.143. The lowest BCUT2D eigenvalue weighted by molar-refractivity contribution is -0.119. The van der Waals surface area contributed by atoms with Crippen molar-refractivity contribution in [1.82, 2.24) is 10.9 Å². The van der Waals surface area contributed by atoms with Crippen molar-refractivity contribution in [2.24, 2.45) is 0 Å². The van der Waals surface area contributed by atoms with Gasteiger partial charge < -0.3 is 9.47 Å². The van der Waals surface area contributed by atoms with E-state index < -0.39 is 5.91 Å². The molecule has 2 heterocycles. The average Bonchev–Trinajstić information content (AvgIpc) is 3.20. The van der Waals surface area contributed by atoms with Crippen molar-refractivity contribution in [3.05, 3.63) is 45.1 Å². The minimum atomic E-state index is -0.420. The molecule has 0 atom stereocenters. The molecule has 1 aliphatic heterocycles. The van der Waals surface area contributed by atoms with E-state index in [2.05, 4.69) is 10.9 Å². The zero-order valence-corrected chi connectivity index (χ0v) is 14.7. The van der Waals surface area contributed by atoms with E-state index in [9.17, 15) is 9.59 Å². The Morgan fingerprint density at radius 2 is 2.00 bits per heavy atom. The summed E-state index contributed by atoms with van der Waals surface area (Å²) in [5.74, 6) is 1.34. The Kier molecular flexibility index (Phi) is 5.49. The highest BCUT2D eigenvalue weighted by atomic mass is 35.5. The van der Waals surface area contributed by atoms with Gasteiger partial charge in [-0.15, -0.1) is 23.1 Å². The van der Waals surface area contributed by atoms with Gasteiger partial charge in [-0.2, -0.15) is 0 Å². The van der Waals surface area contributed by atoms with Crippen molar-refractivity contribution in [3.8, 4) is 11.5 Å². The van der Waals surface area contributed by atoms with Gasteiger partial charge in [-0.25, -0.2) is 0 Å². The minimum absolute atomic E-state index is 0.143. The number of fused-ring (bicyclic) bond motifs is 1. The number of carbonyl (C=O) groups excluding carboxylic acids is 2. The predicted molar refractivity (Wildman–Crippen MR) is 93.7 cm³/mol. The zero-order chi connectivity index (χ0) is 16.9. The third-order valence-electron chi connectivity index (χ3n) is 3.06. The van der Waals surface area contributed by atoms with Crippen LogP contribution in [0.1, 0.15) is 15.2 Å². The molecule has 3 rings (SSSR count). The summed E-state index contributed by atoms with van der Waals surface area (Å²) in [7, 11) is 0. The smallest absolute Gasteiger partial charge is 0.269 e. The van der Waals surface area contributed by atoms with Crippen molar-refractivity contribution >= 4 is 46.5 Å². The summed E-state index contributed by atoms with van der Waals surface area (Å²) in [6.07, 6.45) is 0. The standard InChI is InChI=1S/C15H13ClN2O4S2/c16-13-4-2-10(24-13)6-23-7-14(19)17-18-15(20)9-1-3-11-12(5-9)22-8-21-11/h1-5H,6-8H2,(H,17,19)(H,18,20). The Bertz CT molecular complexity index is 766. The highest BCUT2D eigenvalue weighted by Gasteiger charge is 2.16. The molecule has 2 aromatic rings. The highest BCUT2D eigenvalue weighted by Crippen LogP contribution is 2.32. The normalized spacial score (nSPS) is 12.0. The summed E-state index contributed by atoms with van der Waals surface area (Å²) in [5, 5.41) is 0. The van der Waals surface area contributed by atoms with Crippen LogP contribution in [0.3, 0.4) is 0 Å². The number of hydrogen-bond acceptors (Lipinski definition) is 6. The van der Waals surface area contributed by atoms with Gasteiger partial charge in [0.1, 0.15) is 0 Å². The molecule has 24 heavy (non-hydrogen) atoms. The first kappa shape index (κ1) is 16.9. The van der Waals surface area contributed by atoms with Crippen LogP contribution in [0, 0.1) is 0 Å². The van der Waals surface area contributed by atoms with Gasteiger partial charge in [0, 0.05) is 16.2 Å². The lowest BCUT2D eigenvalue weighted by Gasteiger charge is -2.07. The van der Waals surface area contributed by atoms with Crippen LogP contribution in [0.25, 0.3) is 0 Å². The second-order valence-electron chi connectivity index (χ2n) is 4.77. The first-order valence-corrected chi connectivity index (χ1v) is 9.27. The van der Waals surface area contributed by atoms with Gasteiger partial charge >= 0.3 is 0 Å². The molecule has 0 radical (unpaired) electrons. The van der Waals surface area contributed by atoms with Gasteiger partial charge in [-0.3, -0.25) is 20.4 Å². The second kappa shape index (κ2) is 7.78.